The molecular weight excluding hydrogens is 345 g/mol. The third kappa shape index (κ3) is 5.51. The minimum atomic E-state index is -0.260. The van der Waals surface area contributed by atoms with Gasteiger partial charge in [0.1, 0.15) is 5.82 Å². The molecule has 3 N–H and O–H groups in total. The lowest BCUT2D eigenvalue weighted by Crippen LogP contribution is -3.15. The van der Waals surface area contributed by atoms with Gasteiger partial charge in [0.2, 0.25) is 5.91 Å². The Bertz CT molecular complexity index is 643. The second kappa shape index (κ2) is 9.31. The summed E-state index contributed by atoms with van der Waals surface area (Å²) in [6, 6.07) is 6.68. The van der Waals surface area contributed by atoms with Crippen LogP contribution in [-0.2, 0) is 16.1 Å². The van der Waals surface area contributed by atoms with Gasteiger partial charge in [0.25, 0.3) is 5.91 Å². The second-order valence-corrected chi connectivity index (χ2v) is 8.06. The molecule has 5 nitrogen and oxygen atoms in total. The van der Waals surface area contributed by atoms with Crippen LogP contribution in [0.4, 0.5) is 4.39 Å². The van der Waals surface area contributed by atoms with E-state index < -0.39 is 0 Å². The normalized spacial score (nSPS) is 23.7. The van der Waals surface area contributed by atoms with Gasteiger partial charge in [0, 0.05) is 12.6 Å². The van der Waals surface area contributed by atoms with Crippen molar-refractivity contribution in [3.63, 3.8) is 0 Å². The molecule has 2 amide bonds. The van der Waals surface area contributed by atoms with E-state index in [-0.39, 0.29) is 29.6 Å². The summed E-state index contributed by atoms with van der Waals surface area (Å²) < 4.78 is 13.2. The van der Waals surface area contributed by atoms with Gasteiger partial charge in [-0.05, 0) is 43.4 Å². The molecule has 1 saturated carbocycles. The fourth-order valence-electron chi connectivity index (χ4n) is 4.47. The molecule has 27 heavy (non-hydrogen) atoms. The van der Waals surface area contributed by atoms with Gasteiger partial charge < -0.3 is 15.5 Å². The predicted octanol–water partition coefficient (Wildman–Crippen LogP) is 1.27. The highest BCUT2D eigenvalue weighted by atomic mass is 19.1. The maximum atomic E-state index is 13.2. The average Bonchev–Trinajstić information content (AvgIpc) is 2.68. The number of hydrogen-bond acceptors (Lipinski definition) is 2. The molecule has 2 aliphatic rings. The second-order valence-electron chi connectivity index (χ2n) is 8.06. The number of nitrogens with one attached hydrogen (secondary N) is 1. The molecule has 0 spiro atoms. The van der Waals surface area contributed by atoms with Crippen LogP contribution in [0.2, 0.25) is 0 Å². The average molecular weight is 376 g/mol. The number of rotatable bonds is 6. The lowest BCUT2D eigenvalue weighted by molar-refractivity contribution is -0.899. The summed E-state index contributed by atoms with van der Waals surface area (Å²) in [6.07, 6.45) is 7.36. The van der Waals surface area contributed by atoms with Crippen molar-refractivity contribution in [1.29, 1.82) is 0 Å². The molecule has 1 aliphatic carbocycles. The van der Waals surface area contributed by atoms with E-state index in [2.05, 4.69) is 0 Å². The van der Waals surface area contributed by atoms with E-state index in [9.17, 15) is 14.0 Å². The zero-order valence-electron chi connectivity index (χ0n) is 16.0. The highest BCUT2D eigenvalue weighted by molar-refractivity contribution is 5.78. The Labute approximate surface area is 160 Å². The van der Waals surface area contributed by atoms with Gasteiger partial charge >= 0.3 is 0 Å². The molecular formula is C21H31FN3O2+. The van der Waals surface area contributed by atoms with E-state index in [0.29, 0.717) is 19.6 Å². The van der Waals surface area contributed by atoms with Crippen LogP contribution in [0.25, 0.3) is 0 Å². The SMILES string of the molecule is NC(=O)[C@@H]1CCC[NH+](CC(=O)N(Cc2ccc(F)cc2)C2CCCCC2)C1. The number of amides is 2. The van der Waals surface area contributed by atoms with Crippen molar-refractivity contribution in [1.82, 2.24) is 4.90 Å². The number of nitrogens with zero attached hydrogens (tertiary/aromatic N) is 1. The molecule has 0 bridgehead atoms. The largest absolute Gasteiger partial charge is 0.369 e. The van der Waals surface area contributed by atoms with E-state index >= 15 is 0 Å². The molecule has 2 atom stereocenters. The van der Waals surface area contributed by atoms with Crippen molar-refractivity contribution >= 4 is 11.8 Å². The summed E-state index contributed by atoms with van der Waals surface area (Å²) in [7, 11) is 0. The molecule has 1 unspecified atom stereocenters. The summed E-state index contributed by atoms with van der Waals surface area (Å²) in [5.41, 5.74) is 6.43. The molecule has 3 rings (SSSR count). The predicted molar refractivity (Wildman–Crippen MR) is 101 cm³/mol. The zero-order chi connectivity index (χ0) is 19.2. The Morgan fingerprint density at radius 2 is 1.78 bits per heavy atom. The Kier molecular flexibility index (Phi) is 6.83. The fraction of sp³-hybridized carbons (Fsp3) is 0.619. The van der Waals surface area contributed by atoms with Crippen molar-refractivity contribution in [2.75, 3.05) is 19.6 Å². The molecule has 1 saturated heterocycles. The number of hydrogen-bond donors (Lipinski definition) is 2. The van der Waals surface area contributed by atoms with Crippen molar-refractivity contribution in [2.45, 2.75) is 57.5 Å². The fourth-order valence-corrected chi connectivity index (χ4v) is 4.47. The summed E-state index contributed by atoms with van der Waals surface area (Å²) >= 11 is 0. The van der Waals surface area contributed by atoms with Gasteiger partial charge in [-0.2, -0.15) is 0 Å². The number of nitrogens with two attached hydrogens (primary N) is 1. The summed E-state index contributed by atoms with van der Waals surface area (Å²) in [5.74, 6) is -0.507. The van der Waals surface area contributed by atoms with Crippen LogP contribution in [-0.4, -0.2) is 42.4 Å². The lowest BCUT2D eigenvalue weighted by atomic mass is 9.93. The van der Waals surface area contributed by atoms with E-state index in [0.717, 1.165) is 55.5 Å². The highest BCUT2D eigenvalue weighted by Gasteiger charge is 2.32. The third-order valence-corrected chi connectivity index (χ3v) is 6.02. The minimum Gasteiger partial charge on any atom is -0.369 e. The van der Waals surface area contributed by atoms with E-state index in [1.54, 1.807) is 12.1 Å². The van der Waals surface area contributed by atoms with Crippen LogP contribution in [0.15, 0.2) is 24.3 Å². The number of piperidine rings is 1. The Morgan fingerprint density at radius 1 is 1.07 bits per heavy atom. The molecule has 1 aromatic carbocycles. The standard InChI is InChI=1S/C21H30FN3O2/c22-18-10-8-16(9-11-18)13-25(19-6-2-1-3-7-19)20(26)15-24-12-4-5-17(14-24)21(23)27/h8-11,17,19H,1-7,12-15H2,(H2,23,27)/p+1/t17-/m1/s1. The van der Waals surface area contributed by atoms with Crippen molar-refractivity contribution in [3.05, 3.63) is 35.6 Å². The number of halogens is 1. The van der Waals surface area contributed by atoms with Crippen LogP contribution in [0, 0.1) is 11.7 Å². The first-order chi connectivity index (χ1) is 13.0. The van der Waals surface area contributed by atoms with Gasteiger partial charge in [-0.15, -0.1) is 0 Å². The minimum absolute atomic E-state index is 0.123. The third-order valence-electron chi connectivity index (χ3n) is 6.02. The number of quaternary nitrogens is 1. The van der Waals surface area contributed by atoms with Crippen molar-refractivity contribution in [3.8, 4) is 0 Å². The van der Waals surface area contributed by atoms with E-state index in [4.69, 9.17) is 5.73 Å². The van der Waals surface area contributed by atoms with Crippen molar-refractivity contribution < 1.29 is 18.9 Å². The van der Waals surface area contributed by atoms with Crippen LogP contribution < -0.4 is 10.6 Å². The topological polar surface area (TPSA) is 67.8 Å². The maximum absolute atomic E-state index is 13.2. The molecule has 2 fully saturated rings. The monoisotopic (exact) mass is 376 g/mol. The lowest BCUT2D eigenvalue weighted by Gasteiger charge is -2.36. The molecule has 1 aliphatic heterocycles. The van der Waals surface area contributed by atoms with Crippen LogP contribution in [0.5, 0.6) is 0 Å². The molecule has 148 valence electrons. The summed E-state index contributed by atoms with van der Waals surface area (Å²) in [4.78, 5) is 27.8. The number of carbonyl (C=O) groups excluding carboxylic acids is 2. The highest BCUT2D eigenvalue weighted by Crippen LogP contribution is 2.24. The maximum Gasteiger partial charge on any atom is 0.278 e. The summed E-state index contributed by atoms with van der Waals surface area (Å²) in [5, 5.41) is 0. The van der Waals surface area contributed by atoms with Crippen LogP contribution in [0.1, 0.15) is 50.5 Å². The first-order valence-corrected chi connectivity index (χ1v) is 10.2. The Morgan fingerprint density at radius 3 is 2.44 bits per heavy atom. The summed E-state index contributed by atoms with van der Waals surface area (Å²) in [6.45, 7) is 2.48. The smallest absolute Gasteiger partial charge is 0.278 e. The first kappa shape index (κ1) is 19.8. The molecule has 6 heteroatoms. The van der Waals surface area contributed by atoms with E-state index in [1.807, 2.05) is 4.90 Å². The van der Waals surface area contributed by atoms with E-state index in [1.165, 1.54) is 18.6 Å². The Balaban J connectivity index is 1.68. The Hall–Kier alpha value is -1.95. The molecule has 0 aromatic heterocycles. The van der Waals surface area contributed by atoms with Gasteiger partial charge in [-0.25, -0.2) is 4.39 Å². The van der Waals surface area contributed by atoms with Gasteiger partial charge in [0.15, 0.2) is 6.54 Å². The van der Waals surface area contributed by atoms with Gasteiger partial charge in [0.05, 0.1) is 19.0 Å². The van der Waals surface area contributed by atoms with Crippen molar-refractivity contribution in [2.24, 2.45) is 11.7 Å². The zero-order valence-corrected chi connectivity index (χ0v) is 16.0. The van der Waals surface area contributed by atoms with Gasteiger partial charge in [-0.3, -0.25) is 9.59 Å². The number of likely N-dealkylation sites (tertiary alicyclic amines) is 1. The number of carbonyl (C=O) groups is 2. The molecule has 1 aromatic rings. The first-order valence-electron chi connectivity index (χ1n) is 10.2. The number of benzene rings is 1. The van der Waals surface area contributed by atoms with Gasteiger partial charge in [-0.1, -0.05) is 31.4 Å². The quantitative estimate of drug-likeness (QED) is 0.785. The molecule has 1 heterocycles. The number of primary amides is 1. The van der Waals surface area contributed by atoms with Crippen LogP contribution in [0.3, 0.4) is 0 Å². The molecule has 0 radical (unpaired) electrons. The van der Waals surface area contributed by atoms with Crippen LogP contribution >= 0.6 is 0 Å².